The van der Waals surface area contributed by atoms with Crippen LogP contribution in [0, 0.1) is 0 Å². The number of halogens is 2. The van der Waals surface area contributed by atoms with E-state index in [4.69, 9.17) is 16.3 Å². The second-order valence-corrected chi connectivity index (χ2v) is 6.36. The summed E-state index contributed by atoms with van der Waals surface area (Å²) in [6.07, 6.45) is 0.912. The van der Waals surface area contributed by atoms with Gasteiger partial charge in [0.05, 0.1) is 7.11 Å². The maximum Gasteiger partial charge on any atom is 0.122 e. The normalized spacial score (nSPS) is 12.2. The SMILES string of the molecule is COc1ccccc1CC(C)NCc1cc(Br)ccc1Cl. The van der Waals surface area contributed by atoms with E-state index in [1.807, 2.05) is 36.4 Å². The molecule has 4 heteroatoms. The molecular formula is C17H19BrClNO. The first-order valence-corrected chi connectivity index (χ1v) is 8.06. The van der Waals surface area contributed by atoms with Crippen LogP contribution >= 0.6 is 27.5 Å². The smallest absolute Gasteiger partial charge is 0.122 e. The Bertz CT molecular complexity index is 603. The van der Waals surface area contributed by atoms with Gasteiger partial charge in [-0.15, -0.1) is 0 Å². The van der Waals surface area contributed by atoms with Gasteiger partial charge in [-0.2, -0.15) is 0 Å². The van der Waals surface area contributed by atoms with Gasteiger partial charge in [-0.05, 0) is 48.7 Å². The zero-order valence-electron chi connectivity index (χ0n) is 12.2. The van der Waals surface area contributed by atoms with Crippen LogP contribution in [0.15, 0.2) is 46.9 Å². The van der Waals surface area contributed by atoms with E-state index in [0.717, 1.165) is 33.8 Å². The molecule has 1 N–H and O–H groups in total. The van der Waals surface area contributed by atoms with Gasteiger partial charge in [0.15, 0.2) is 0 Å². The zero-order valence-corrected chi connectivity index (χ0v) is 14.5. The molecule has 0 saturated carbocycles. The minimum Gasteiger partial charge on any atom is -0.496 e. The topological polar surface area (TPSA) is 21.3 Å². The fourth-order valence-corrected chi connectivity index (χ4v) is 2.83. The van der Waals surface area contributed by atoms with E-state index in [1.165, 1.54) is 5.56 Å². The molecule has 0 saturated heterocycles. The molecule has 2 aromatic carbocycles. The number of benzene rings is 2. The number of nitrogens with one attached hydrogen (secondary N) is 1. The Morgan fingerprint density at radius 2 is 1.95 bits per heavy atom. The van der Waals surface area contributed by atoms with Crippen molar-refractivity contribution in [1.82, 2.24) is 5.32 Å². The predicted molar refractivity (Wildman–Crippen MR) is 92.2 cm³/mol. The molecule has 0 spiro atoms. The molecule has 1 unspecified atom stereocenters. The van der Waals surface area contributed by atoms with E-state index < -0.39 is 0 Å². The number of hydrogen-bond donors (Lipinski definition) is 1. The number of hydrogen-bond acceptors (Lipinski definition) is 2. The average Bonchev–Trinajstić information content (AvgIpc) is 2.49. The third kappa shape index (κ3) is 4.73. The Kier molecular flexibility index (Phi) is 6.09. The van der Waals surface area contributed by atoms with Gasteiger partial charge >= 0.3 is 0 Å². The van der Waals surface area contributed by atoms with E-state index >= 15 is 0 Å². The second-order valence-electron chi connectivity index (χ2n) is 5.03. The van der Waals surface area contributed by atoms with Gasteiger partial charge in [0.25, 0.3) is 0 Å². The summed E-state index contributed by atoms with van der Waals surface area (Å²) < 4.78 is 6.43. The van der Waals surface area contributed by atoms with Crippen molar-refractivity contribution in [3.05, 3.63) is 63.1 Å². The number of ether oxygens (including phenoxy) is 1. The van der Waals surface area contributed by atoms with E-state index in [2.05, 4.69) is 34.2 Å². The molecule has 2 rings (SSSR count). The van der Waals surface area contributed by atoms with Gasteiger partial charge in [0, 0.05) is 22.1 Å². The molecule has 0 fully saturated rings. The van der Waals surface area contributed by atoms with Crippen LogP contribution in [0.2, 0.25) is 5.02 Å². The number of rotatable bonds is 6. The van der Waals surface area contributed by atoms with Crippen molar-refractivity contribution in [2.24, 2.45) is 0 Å². The van der Waals surface area contributed by atoms with Crippen LogP contribution in [0.5, 0.6) is 5.75 Å². The first kappa shape index (κ1) is 16.3. The summed E-state index contributed by atoms with van der Waals surface area (Å²) in [6.45, 7) is 2.91. The van der Waals surface area contributed by atoms with Crippen molar-refractivity contribution in [3.63, 3.8) is 0 Å². The van der Waals surface area contributed by atoms with Gasteiger partial charge in [-0.1, -0.05) is 45.7 Å². The molecule has 1 atom stereocenters. The fourth-order valence-electron chi connectivity index (χ4n) is 2.24. The summed E-state index contributed by atoms with van der Waals surface area (Å²) in [5.41, 5.74) is 2.30. The van der Waals surface area contributed by atoms with E-state index in [0.29, 0.717) is 6.04 Å². The van der Waals surface area contributed by atoms with E-state index in [1.54, 1.807) is 7.11 Å². The van der Waals surface area contributed by atoms with Crippen LogP contribution in [0.3, 0.4) is 0 Å². The van der Waals surface area contributed by atoms with Gasteiger partial charge < -0.3 is 10.1 Å². The van der Waals surface area contributed by atoms with Crippen molar-refractivity contribution >= 4 is 27.5 Å². The minimum absolute atomic E-state index is 0.330. The van der Waals surface area contributed by atoms with Crippen LogP contribution < -0.4 is 10.1 Å². The molecule has 112 valence electrons. The molecule has 0 aromatic heterocycles. The molecule has 0 heterocycles. The molecular weight excluding hydrogens is 350 g/mol. The van der Waals surface area contributed by atoms with E-state index in [9.17, 15) is 0 Å². The van der Waals surface area contributed by atoms with Gasteiger partial charge in [-0.25, -0.2) is 0 Å². The van der Waals surface area contributed by atoms with Crippen LogP contribution in [-0.4, -0.2) is 13.2 Å². The molecule has 0 aliphatic rings. The third-order valence-corrected chi connectivity index (χ3v) is 4.23. The van der Waals surface area contributed by atoms with Crippen molar-refractivity contribution in [2.45, 2.75) is 25.9 Å². The van der Waals surface area contributed by atoms with Crippen molar-refractivity contribution in [1.29, 1.82) is 0 Å². The molecule has 0 aliphatic carbocycles. The first-order valence-electron chi connectivity index (χ1n) is 6.89. The highest BCUT2D eigenvalue weighted by Crippen LogP contribution is 2.22. The maximum absolute atomic E-state index is 6.21. The lowest BCUT2D eigenvalue weighted by molar-refractivity contribution is 0.406. The monoisotopic (exact) mass is 367 g/mol. The lowest BCUT2D eigenvalue weighted by atomic mass is 10.1. The van der Waals surface area contributed by atoms with Gasteiger partial charge in [0.1, 0.15) is 5.75 Å². The van der Waals surface area contributed by atoms with Gasteiger partial charge in [0.2, 0.25) is 0 Å². The lowest BCUT2D eigenvalue weighted by Crippen LogP contribution is -2.27. The molecule has 0 radical (unpaired) electrons. The Labute approximate surface area is 139 Å². The molecule has 0 aliphatic heterocycles. The number of methoxy groups -OCH3 is 1. The summed E-state index contributed by atoms with van der Waals surface area (Å²) in [5.74, 6) is 0.937. The summed E-state index contributed by atoms with van der Waals surface area (Å²) in [6, 6.07) is 14.4. The molecule has 0 bridgehead atoms. The molecule has 2 nitrogen and oxygen atoms in total. The Morgan fingerprint density at radius 1 is 1.19 bits per heavy atom. The van der Waals surface area contributed by atoms with Crippen molar-refractivity contribution in [3.8, 4) is 5.75 Å². The summed E-state index contributed by atoms with van der Waals surface area (Å²) >= 11 is 9.68. The van der Waals surface area contributed by atoms with Crippen LogP contribution in [-0.2, 0) is 13.0 Å². The quantitative estimate of drug-likeness (QED) is 0.788. The minimum atomic E-state index is 0.330. The summed E-state index contributed by atoms with van der Waals surface area (Å²) in [4.78, 5) is 0. The summed E-state index contributed by atoms with van der Waals surface area (Å²) in [5, 5.41) is 4.29. The van der Waals surface area contributed by atoms with E-state index in [-0.39, 0.29) is 0 Å². The molecule has 2 aromatic rings. The van der Waals surface area contributed by atoms with Gasteiger partial charge in [-0.3, -0.25) is 0 Å². The van der Waals surface area contributed by atoms with Crippen molar-refractivity contribution in [2.75, 3.05) is 7.11 Å². The van der Waals surface area contributed by atoms with Crippen LogP contribution in [0.4, 0.5) is 0 Å². The lowest BCUT2D eigenvalue weighted by Gasteiger charge is -2.16. The van der Waals surface area contributed by atoms with Crippen LogP contribution in [0.25, 0.3) is 0 Å². The first-order chi connectivity index (χ1) is 10.1. The van der Waals surface area contributed by atoms with Crippen LogP contribution in [0.1, 0.15) is 18.1 Å². The summed E-state index contributed by atoms with van der Waals surface area (Å²) in [7, 11) is 1.71. The third-order valence-electron chi connectivity index (χ3n) is 3.37. The highest BCUT2D eigenvalue weighted by molar-refractivity contribution is 9.10. The fraction of sp³-hybridized carbons (Fsp3) is 0.294. The Balaban J connectivity index is 1.96. The Morgan fingerprint density at radius 3 is 2.71 bits per heavy atom. The zero-order chi connectivity index (χ0) is 15.2. The molecule has 0 amide bonds. The highest BCUT2D eigenvalue weighted by Gasteiger charge is 2.09. The highest BCUT2D eigenvalue weighted by atomic mass is 79.9. The largest absolute Gasteiger partial charge is 0.496 e. The number of para-hydroxylation sites is 1. The molecule has 21 heavy (non-hydrogen) atoms. The second kappa shape index (κ2) is 7.83. The Hall–Kier alpha value is -1.03. The van der Waals surface area contributed by atoms with Crippen molar-refractivity contribution < 1.29 is 4.74 Å². The average molecular weight is 369 g/mol. The maximum atomic E-state index is 6.21. The standard InChI is InChI=1S/C17H19BrClNO/c1-12(9-13-5-3-4-6-17(13)21-2)20-11-14-10-15(18)7-8-16(14)19/h3-8,10,12,20H,9,11H2,1-2H3. The predicted octanol–water partition coefficient (Wildman–Crippen LogP) is 4.83.